The number of nitrogens with one attached hydrogen (secondary N) is 2. The van der Waals surface area contributed by atoms with Crippen LogP contribution in [0.5, 0.6) is 0 Å². The number of carbonyl (C=O) groups is 2. The molecule has 7 heteroatoms. The lowest BCUT2D eigenvalue weighted by molar-refractivity contribution is -0.120. The normalized spacial score (nSPS) is 10.6. The Morgan fingerprint density at radius 3 is 2.46 bits per heavy atom. The van der Waals surface area contributed by atoms with Gasteiger partial charge in [-0.25, -0.2) is 5.43 Å². The van der Waals surface area contributed by atoms with Crippen LogP contribution in [0.4, 0.5) is 0 Å². The highest BCUT2D eigenvalue weighted by molar-refractivity contribution is 6.42. The van der Waals surface area contributed by atoms with Crippen LogP contribution in [-0.2, 0) is 4.79 Å². The van der Waals surface area contributed by atoms with Gasteiger partial charge in [0, 0.05) is 5.56 Å². The number of aryl methyl sites for hydroxylation is 1. The van der Waals surface area contributed by atoms with E-state index in [9.17, 15) is 9.59 Å². The Morgan fingerprint density at radius 2 is 1.79 bits per heavy atom. The van der Waals surface area contributed by atoms with Gasteiger partial charge >= 0.3 is 0 Å². The van der Waals surface area contributed by atoms with E-state index < -0.39 is 11.8 Å². The molecule has 2 amide bonds. The van der Waals surface area contributed by atoms with Crippen molar-refractivity contribution in [2.75, 3.05) is 6.54 Å². The van der Waals surface area contributed by atoms with Crippen molar-refractivity contribution in [1.29, 1.82) is 0 Å². The van der Waals surface area contributed by atoms with E-state index in [1.54, 1.807) is 0 Å². The lowest BCUT2D eigenvalue weighted by atomic mass is 10.2. The first kappa shape index (κ1) is 18.0. The monoisotopic (exact) mass is 363 g/mol. The highest BCUT2D eigenvalue weighted by Crippen LogP contribution is 2.22. The molecule has 0 aliphatic heterocycles. The molecule has 0 bridgehead atoms. The van der Waals surface area contributed by atoms with Crippen LogP contribution >= 0.6 is 23.2 Å². The zero-order chi connectivity index (χ0) is 17.5. The van der Waals surface area contributed by atoms with E-state index in [0.717, 1.165) is 11.1 Å². The summed E-state index contributed by atoms with van der Waals surface area (Å²) in [6, 6.07) is 12.1. The third-order valence-corrected chi connectivity index (χ3v) is 3.81. The summed E-state index contributed by atoms with van der Waals surface area (Å²) >= 11 is 11.6. The third kappa shape index (κ3) is 5.37. The molecular formula is C17H15Cl2N3O2. The topological polar surface area (TPSA) is 70.6 Å². The molecular weight excluding hydrogens is 349 g/mol. The molecule has 124 valence electrons. The van der Waals surface area contributed by atoms with Gasteiger partial charge in [-0.2, -0.15) is 5.10 Å². The summed E-state index contributed by atoms with van der Waals surface area (Å²) < 4.78 is 0. The van der Waals surface area contributed by atoms with E-state index in [1.807, 2.05) is 31.2 Å². The fraction of sp³-hybridized carbons (Fsp3) is 0.118. The summed E-state index contributed by atoms with van der Waals surface area (Å²) in [4.78, 5) is 23.6. The molecule has 0 radical (unpaired) electrons. The number of rotatable bonds is 5. The Hall–Kier alpha value is -2.37. The molecule has 0 unspecified atom stereocenters. The summed E-state index contributed by atoms with van der Waals surface area (Å²) in [5.74, 6) is -0.863. The van der Waals surface area contributed by atoms with E-state index in [2.05, 4.69) is 15.8 Å². The average Bonchev–Trinajstić information content (AvgIpc) is 2.57. The van der Waals surface area contributed by atoms with Gasteiger partial charge in [0.25, 0.3) is 11.8 Å². The fourth-order valence-electron chi connectivity index (χ4n) is 1.77. The molecule has 0 aliphatic rings. The van der Waals surface area contributed by atoms with Crippen LogP contribution in [0.25, 0.3) is 0 Å². The standard InChI is InChI=1S/C17H15Cl2N3O2/c1-11-2-4-12(5-3-11)9-21-22-16(23)10-20-17(24)13-6-7-14(18)15(19)8-13/h2-9H,10H2,1H3,(H,20,24)(H,22,23). The SMILES string of the molecule is Cc1ccc(C=NNC(=O)CNC(=O)c2ccc(Cl)c(Cl)c2)cc1. The molecule has 0 fully saturated rings. The third-order valence-electron chi connectivity index (χ3n) is 3.07. The van der Waals surface area contributed by atoms with Gasteiger partial charge in [-0.1, -0.05) is 53.0 Å². The molecule has 24 heavy (non-hydrogen) atoms. The van der Waals surface area contributed by atoms with Crippen molar-refractivity contribution >= 4 is 41.2 Å². The molecule has 2 aromatic carbocycles. The van der Waals surface area contributed by atoms with Gasteiger partial charge < -0.3 is 5.32 Å². The molecule has 0 spiro atoms. The summed E-state index contributed by atoms with van der Waals surface area (Å²) in [6.07, 6.45) is 1.53. The van der Waals surface area contributed by atoms with Crippen molar-refractivity contribution in [2.45, 2.75) is 6.92 Å². The minimum atomic E-state index is -0.438. The van der Waals surface area contributed by atoms with Gasteiger partial charge in [0.1, 0.15) is 0 Å². The predicted molar refractivity (Wildman–Crippen MR) is 95.7 cm³/mol. The van der Waals surface area contributed by atoms with Crippen LogP contribution in [0.1, 0.15) is 21.5 Å². The average molecular weight is 364 g/mol. The summed E-state index contributed by atoms with van der Waals surface area (Å²) in [6.45, 7) is 1.78. The number of hydrogen-bond acceptors (Lipinski definition) is 3. The molecule has 0 heterocycles. The second-order valence-electron chi connectivity index (χ2n) is 5.02. The van der Waals surface area contributed by atoms with Gasteiger partial charge in [-0.15, -0.1) is 0 Å². The second-order valence-corrected chi connectivity index (χ2v) is 5.83. The Bertz CT molecular complexity index is 774. The first-order chi connectivity index (χ1) is 11.5. The summed E-state index contributed by atoms with van der Waals surface area (Å²) in [5, 5.41) is 6.94. The van der Waals surface area contributed by atoms with Gasteiger partial charge in [0.05, 0.1) is 22.8 Å². The van der Waals surface area contributed by atoms with Crippen molar-refractivity contribution in [3.63, 3.8) is 0 Å². The number of nitrogens with zero attached hydrogens (tertiary/aromatic N) is 1. The van der Waals surface area contributed by atoms with Crippen molar-refractivity contribution in [3.05, 3.63) is 69.2 Å². The Morgan fingerprint density at radius 1 is 1.08 bits per heavy atom. The number of amides is 2. The number of hydrogen-bond donors (Lipinski definition) is 2. The lowest BCUT2D eigenvalue weighted by Crippen LogP contribution is -2.34. The highest BCUT2D eigenvalue weighted by Gasteiger charge is 2.09. The smallest absolute Gasteiger partial charge is 0.259 e. The summed E-state index contributed by atoms with van der Waals surface area (Å²) in [5.41, 5.74) is 4.66. The number of benzene rings is 2. The van der Waals surface area contributed by atoms with E-state index in [4.69, 9.17) is 23.2 Å². The lowest BCUT2D eigenvalue weighted by Gasteiger charge is -2.05. The van der Waals surface area contributed by atoms with E-state index in [0.29, 0.717) is 10.6 Å². The fourth-order valence-corrected chi connectivity index (χ4v) is 2.07. The first-order valence-electron chi connectivity index (χ1n) is 7.07. The van der Waals surface area contributed by atoms with Crippen molar-refractivity contribution in [2.24, 2.45) is 5.10 Å². The zero-order valence-corrected chi connectivity index (χ0v) is 14.4. The minimum Gasteiger partial charge on any atom is -0.343 e. The van der Waals surface area contributed by atoms with E-state index in [1.165, 1.54) is 24.4 Å². The molecule has 2 aromatic rings. The maximum absolute atomic E-state index is 11.9. The predicted octanol–water partition coefficient (Wildman–Crippen LogP) is 3.18. The quantitative estimate of drug-likeness (QED) is 0.632. The highest BCUT2D eigenvalue weighted by atomic mass is 35.5. The Balaban J connectivity index is 1.81. The van der Waals surface area contributed by atoms with Crippen LogP contribution in [0.15, 0.2) is 47.6 Å². The van der Waals surface area contributed by atoms with Gasteiger partial charge in [0.15, 0.2) is 0 Å². The second kappa shape index (κ2) is 8.47. The van der Waals surface area contributed by atoms with E-state index in [-0.39, 0.29) is 11.6 Å². The van der Waals surface area contributed by atoms with Crippen LogP contribution < -0.4 is 10.7 Å². The summed E-state index contributed by atoms with van der Waals surface area (Å²) in [7, 11) is 0. The Kier molecular flexibility index (Phi) is 6.35. The zero-order valence-electron chi connectivity index (χ0n) is 12.8. The maximum atomic E-state index is 11.9. The minimum absolute atomic E-state index is 0.204. The molecule has 0 aliphatic carbocycles. The number of halogens is 2. The molecule has 0 atom stereocenters. The molecule has 0 aromatic heterocycles. The van der Waals surface area contributed by atoms with Gasteiger partial charge in [-0.3, -0.25) is 9.59 Å². The number of carbonyl (C=O) groups excluding carboxylic acids is 2. The molecule has 2 N–H and O–H groups in total. The van der Waals surface area contributed by atoms with Crippen LogP contribution in [0, 0.1) is 6.92 Å². The van der Waals surface area contributed by atoms with Crippen molar-refractivity contribution in [1.82, 2.24) is 10.7 Å². The van der Waals surface area contributed by atoms with Crippen LogP contribution in [-0.4, -0.2) is 24.6 Å². The maximum Gasteiger partial charge on any atom is 0.259 e. The van der Waals surface area contributed by atoms with E-state index >= 15 is 0 Å². The van der Waals surface area contributed by atoms with Gasteiger partial charge in [-0.05, 0) is 30.7 Å². The van der Waals surface area contributed by atoms with Gasteiger partial charge in [0.2, 0.25) is 0 Å². The van der Waals surface area contributed by atoms with Crippen molar-refractivity contribution in [3.8, 4) is 0 Å². The molecule has 5 nitrogen and oxygen atoms in total. The van der Waals surface area contributed by atoms with Crippen LogP contribution in [0.2, 0.25) is 10.0 Å². The molecule has 2 rings (SSSR count). The molecule has 0 saturated heterocycles. The first-order valence-corrected chi connectivity index (χ1v) is 7.83. The van der Waals surface area contributed by atoms with Crippen LogP contribution in [0.3, 0.4) is 0 Å². The largest absolute Gasteiger partial charge is 0.343 e. The Labute approximate surface area is 149 Å². The molecule has 0 saturated carbocycles. The van der Waals surface area contributed by atoms with Crippen molar-refractivity contribution < 1.29 is 9.59 Å². The number of hydrazone groups is 1.